The number of para-hydroxylation sites is 1. The number of hydrogen-bond donors (Lipinski definition) is 0. The average Bonchev–Trinajstić information content (AvgIpc) is 3.66. The summed E-state index contributed by atoms with van der Waals surface area (Å²) in [5, 5.41) is 7.08. The first kappa shape index (κ1) is 35.4. The van der Waals surface area contributed by atoms with Crippen molar-refractivity contribution in [3.8, 4) is 34.1 Å². The molecule has 0 spiro atoms. The van der Waals surface area contributed by atoms with E-state index in [1.807, 2.05) is 23.1 Å². The van der Waals surface area contributed by atoms with Gasteiger partial charge in [0.2, 0.25) is 0 Å². The monoisotopic (exact) mass is 839 g/mol. The molecule has 6 heteroatoms. The summed E-state index contributed by atoms with van der Waals surface area (Å²) in [6.45, 7) is 19.9. The van der Waals surface area contributed by atoms with Gasteiger partial charge in [0.05, 0.1) is 6.20 Å². The van der Waals surface area contributed by atoms with E-state index in [9.17, 15) is 0 Å². The Balaban J connectivity index is 0.00000432. The summed E-state index contributed by atoms with van der Waals surface area (Å²) < 4.78 is 10.7. The molecular weight excluding hydrogens is 796 g/mol. The molecule has 0 aliphatic heterocycles. The first-order chi connectivity index (χ1) is 23.4. The van der Waals surface area contributed by atoms with Crippen molar-refractivity contribution in [2.75, 3.05) is 0 Å². The van der Waals surface area contributed by atoms with E-state index >= 15 is 0 Å². The van der Waals surface area contributed by atoms with Crippen LogP contribution in [0.5, 0.6) is 11.5 Å². The Morgan fingerprint density at radius 3 is 2.28 bits per heavy atom. The zero-order chi connectivity index (χ0) is 34.6. The molecule has 0 bridgehead atoms. The maximum Gasteiger partial charge on any atom is 2.00 e. The predicted molar refractivity (Wildman–Crippen MR) is 202 cm³/mol. The molecule has 3 heterocycles. The van der Waals surface area contributed by atoms with Crippen LogP contribution in [0.4, 0.5) is 0 Å². The molecule has 5 nitrogen and oxygen atoms in total. The minimum absolute atomic E-state index is 0. The third-order valence-corrected chi connectivity index (χ3v) is 9.64. The van der Waals surface area contributed by atoms with Gasteiger partial charge in [-0.05, 0) is 108 Å². The third kappa shape index (κ3) is 6.68. The average molecular weight is 840 g/mol. The van der Waals surface area contributed by atoms with E-state index in [0.717, 1.165) is 50.9 Å². The van der Waals surface area contributed by atoms with Crippen molar-refractivity contribution in [2.45, 2.75) is 74.1 Å². The Kier molecular flexibility index (Phi) is 9.67. The fourth-order valence-electron chi connectivity index (χ4n) is 6.84. The molecule has 256 valence electrons. The Bertz CT molecular complexity index is 2330. The normalized spacial score (nSPS) is 11.8. The van der Waals surface area contributed by atoms with Crippen LogP contribution in [0.3, 0.4) is 0 Å². The number of nitrogens with zero attached hydrogens (tertiary/aromatic N) is 4. The summed E-state index contributed by atoms with van der Waals surface area (Å²) >= 11 is 0. The van der Waals surface area contributed by atoms with Crippen LogP contribution >= 0.6 is 0 Å². The molecule has 0 aliphatic rings. The molecule has 0 saturated heterocycles. The van der Waals surface area contributed by atoms with Gasteiger partial charge in [-0.1, -0.05) is 64.4 Å². The van der Waals surface area contributed by atoms with Crippen molar-refractivity contribution in [3.63, 3.8) is 0 Å². The predicted octanol–water partition coefficient (Wildman–Crippen LogP) is 11.2. The quantitative estimate of drug-likeness (QED) is 0.150. The zero-order valence-electron chi connectivity index (χ0n) is 30.4. The van der Waals surface area contributed by atoms with Crippen LogP contribution in [-0.4, -0.2) is 19.3 Å². The van der Waals surface area contributed by atoms with Crippen molar-refractivity contribution < 1.29 is 25.8 Å². The minimum Gasteiger partial charge on any atom is -0.509 e. The second-order valence-corrected chi connectivity index (χ2v) is 14.8. The van der Waals surface area contributed by atoms with Gasteiger partial charge in [0, 0.05) is 35.0 Å². The molecule has 0 N–H and O–H groups in total. The van der Waals surface area contributed by atoms with Crippen LogP contribution in [0.25, 0.3) is 44.4 Å². The van der Waals surface area contributed by atoms with E-state index in [1.165, 1.54) is 33.4 Å². The molecular formula is C44H44N4OPt. The fraction of sp³-hybridized carbons (Fsp3) is 0.273. The van der Waals surface area contributed by atoms with Crippen molar-refractivity contribution in [1.82, 2.24) is 19.3 Å². The molecule has 0 atom stereocenters. The number of aryl methyl sites for hydroxylation is 2. The fourth-order valence-corrected chi connectivity index (χ4v) is 6.84. The van der Waals surface area contributed by atoms with Gasteiger partial charge in [-0.15, -0.1) is 41.3 Å². The van der Waals surface area contributed by atoms with Crippen LogP contribution in [0.2, 0.25) is 0 Å². The van der Waals surface area contributed by atoms with Crippen molar-refractivity contribution in [3.05, 3.63) is 131 Å². The van der Waals surface area contributed by atoms with Crippen LogP contribution < -0.4 is 4.74 Å². The first-order valence-corrected chi connectivity index (χ1v) is 17.2. The van der Waals surface area contributed by atoms with E-state index < -0.39 is 0 Å². The molecule has 50 heavy (non-hydrogen) atoms. The number of rotatable bonds is 7. The molecule has 3 aromatic heterocycles. The molecule has 0 saturated carbocycles. The SMILES string of the molecule is Cc1cc(C)c(C)c(-c2cnn(-c3[c-]c(Oc4[c-]c5c(cc4)c4ccccc4n5-c4cc(CC(C)C)ccn4)cc(C(C)(C)C)c3)c2)c1C.[Pt+2]. The van der Waals surface area contributed by atoms with Gasteiger partial charge in [0.25, 0.3) is 0 Å². The van der Waals surface area contributed by atoms with Gasteiger partial charge in [-0.3, -0.25) is 4.68 Å². The summed E-state index contributed by atoms with van der Waals surface area (Å²) in [5.41, 5.74) is 12.6. The third-order valence-electron chi connectivity index (χ3n) is 9.64. The van der Waals surface area contributed by atoms with Gasteiger partial charge in [0.1, 0.15) is 5.82 Å². The summed E-state index contributed by atoms with van der Waals surface area (Å²) in [6.07, 6.45) is 6.96. The van der Waals surface area contributed by atoms with Gasteiger partial charge in [-0.2, -0.15) is 11.2 Å². The zero-order valence-corrected chi connectivity index (χ0v) is 32.7. The topological polar surface area (TPSA) is 44.9 Å². The molecule has 7 rings (SSSR count). The number of ether oxygens (including phenoxy) is 1. The summed E-state index contributed by atoms with van der Waals surface area (Å²) in [7, 11) is 0. The van der Waals surface area contributed by atoms with Crippen LogP contribution in [0.15, 0.2) is 85.3 Å². The van der Waals surface area contributed by atoms with E-state index in [-0.39, 0.29) is 26.5 Å². The Labute approximate surface area is 310 Å². The van der Waals surface area contributed by atoms with E-state index in [1.54, 1.807) is 0 Å². The van der Waals surface area contributed by atoms with E-state index in [2.05, 4.69) is 146 Å². The molecule has 7 aromatic rings. The Hall–Kier alpha value is -4.47. The van der Waals surface area contributed by atoms with E-state index in [4.69, 9.17) is 14.8 Å². The number of benzene rings is 4. The van der Waals surface area contributed by atoms with Gasteiger partial charge in [-0.25, -0.2) is 4.98 Å². The molecule has 4 aromatic carbocycles. The smallest absolute Gasteiger partial charge is 0.509 e. The summed E-state index contributed by atoms with van der Waals surface area (Å²) in [4.78, 5) is 4.82. The van der Waals surface area contributed by atoms with Crippen molar-refractivity contribution >= 4 is 21.8 Å². The van der Waals surface area contributed by atoms with Crippen molar-refractivity contribution in [2.24, 2.45) is 5.92 Å². The second kappa shape index (κ2) is 13.7. The van der Waals surface area contributed by atoms with Crippen LogP contribution in [0.1, 0.15) is 68.0 Å². The van der Waals surface area contributed by atoms with Crippen LogP contribution in [-0.2, 0) is 32.9 Å². The van der Waals surface area contributed by atoms with Crippen molar-refractivity contribution in [1.29, 1.82) is 0 Å². The van der Waals surface area contributed by atoms with Gasteiger partial charge >= 0.3 is 21.1 Å². The minimum atomic E-state index is -0.120. The molecule has 0 fully saturated rings. The van der Waals surface area contributed by atoms with E-state index in [0.29, 0.717) is 17.4 Å². The standard InChI is InChI=1S/C44H44N4O.Pt/c1-27(2)18-32-16-17-45-42(20-32)48-40-13-11-10-12-38(40)39-15-14-36(24-41(39)48)49-37-22-34(44(7,8)9)21-35(23-37)47-26-33(25-46-47)43-30(5)28(3)19-29(4)31(43)6;/h10-17,19-22,25-27H,18H2,1-9H3;/q-2;+2. The number of aromatic nitrogens is 4. The molecule has 0 unspecified atom stereocenters. The molecule has 0 radical (unpaired) electrons. The Morgan fingerprint density at radius 1 is 0.820 bits per heavy atom. The van der Waals surface area contributed by atoms with Gasteiger partial charge in [0.15, 0.2) is 0 Å². The number of hydrogen-bond acceptors (Lipinski definition) is 3. The first-order valence-electron chi connectivity index (χ1n) is 17.2. The van der Waals surface area contributed by atoms with Gasteiger partial charge < -0.3 is 9.30 Å². The molecule has 0 amide bonds. The second-order valence-electron chi connectivity index (χ2n) is 14.8. The maximum absolute atomic E-state index is 6.62. The summed E-state index contributed by atoms with van der Waals surface area (Å²) in [6, 6.07) is 30.5. The number of fused-ring (bicyclic) bond motifs is 3. The Morgan fingerprint density at radius 2 is 1.56 bits per heavy atom. The number of pyridine rings is 1. The largest absolute Gasteiger partial charge is 2.00 e. The maximum atomic E-state index is 6.62. The van der Waals surface area contributed by atoms with Crippen LogP contribution in [0, 0.1) is 45.7 Å². The summed E-state index contributed by atoms with van der Waals surface area (Å²) in [5.74, 6) is 2.67. The molecule has 0 aliphatic carbocycles.